The highest BCUT2D eigenvalue weighted by molar-refractivity contribution is 5.65. The number of pyridine rings is 1. The van der Waals surface area contributed by atoms with Crippen molar-refractivity contribution < 1.29 is 24.6 Å². The third-order valence-electron chi connectivity index (χ3n) is 4.54. The fourth-order valence-corrected chi connectivity index (χ4v) is 3.02. The molecule has 0 saturated heterocycles. The second-order valence-corrected chi connectivity index (χ2v) is 7.39. The van der Waals surface area contributed by atoms with Gasteiger partial charge >= 0.3 is 11.4 Å². The Morgan fingerprint density at radius 3 is 2.00 bits per heavy atom. The summed E-state index contributed by atoms with van der Waals surface area (Å²) in [4.78, 5) is 32.4. The van der Waals surface area contributed by atoms with Gasteiger partial charge in [-0.1, -0.05) is 6.07 Å². The number of phenolic OH excluding ortho intramolecular Hbond substituents is 1. The Hall–Kier alpha value is -5.07. The van der Waals surface area contributed by atoms with Gasteiger partial charge in [0.2, 0.25) is 0 Å². The molecule has 0 saturated carbocycles. The summed E-state index contributed by atoms with van der Waals surface area (Å²) in [6.45, 7) is 4.05. The molecule has 13 heteroatoms. The zero-order valence-corrected chi connectivity index (χ0v) is 18.5. The molecule has 0 aliphatic rings. The Morgan fingerprint density at radius 2 is 1.51 bits per heavy atom. The van der Waals surface area contributed by atoms with Gasteiger partial charge in [0, 0.05) is 18.0 Å². The predicted octanol–water partition coefficient (Wildman–Crippen LogP) is 4.91. The number of nitro groups is 3. The Kier molecular flexibility index (Phi) is 7.19. The first-order chi connectivity index (χ1) is 16.6. The number of imidazole rings is 1. The van der Waals surface area contributed by atoms with E-state index in [-0.39, 0.29) is 6.10 Å². The molecular weight excluding hydrogens is 462 g/mol. The van der Waals surface area contributed by atoms with E-state index in [0.717, 1.165) is 22.7 Å². The SMILES string of the molecule is CC(C)Oc1ccc(-c2cn3ccccc3n2)cc1.O=[N+]([O-])c1cc([N+](=O)[O-])c(O)c([N+](=O)[O-])c1. The van der Waals surface area contributed by atoms with E-state index in [2.05, 4.69) is 4.98 Å². The number of fused-ring (bicyclic) bond motifs is 1. The van der Waals surface area contributed by atoms with Gasteiger partial charge in [0.25, 0.3) is 11.4 Å². The minimum Gasteiger partial charge on any atom is -0.497 e. The van der Waals surface area contributed by atoms with Crippen molar-refractivity contribution in [2.45, 2.75) is 20.0 Å². The van der Waals surface area contributed by atoms with E-state index in [4.69, 9.17) is 9.84 Å². The van der Waals surface area contributed by atoms with Crippen LogP contribution in [0.1, 0.15) is 13.8 Å². The molecule has 2 aromatic heterocycles. The Balaban J connectivity index is 0.000000199. The van der Waals surface area contributed by atoms with Crippen LogP contribution in [0.4, 0.5) is 17.1 Å². The quantitative estimate of drug-likeness (QED) is 0.296. The molecule has 2 heterocycles. The van der Waals surface area contributed by atoms with E-state index in [0.29, 0.717) is 12.1 Å². The lowest BCUT2D eigenvalue weighted by atomic mass is 10.1. The van der Waals surface area contributed by atoms with Gasteiger partial charge in [0.05, 0.1) is 38.7 Å². The van der Waals surface area contributed by atoms with Crippen LogP contribution < -0.4 is 4.74 Å². The molecule has 0 aliphatic heterocycles. The Bertz CT molecular complexity index is 1330. The molecule has 13 nitrogen and oxygen atoms in total. The molecule has 35 heavy (non-hydrogen) atoms. The molecule has 0 unspecified atom stereocenters. The minimum absolute atomic E-state index is 0.195. The first kappa shape index (κ1) is 24.6. The van der Waals surface area contributed by atoms with Gasteiger partial charge in [-0.25, -0.2) is 4.98 Å². The maximum absolute atomic E-state index is 10.4. The van der Waals surface area contributed by atoms with E-state index in [1.54, 1.807) is 0 Å². The summed E-state index contributed by atoms with van der Waals surface area (Å²) in [7, 11) is 0. The first-order valence-corrected chi connectivity index (χ1v) is 10.1. The third kappa shape index (κ3) is 5.84. The number of aromatic nitrogens is 2. The highest BCUT2D eigenvalue weighted by Crippen LogP contribution is 2.39. The van der Waals surface area contributed by atoms with Gasteiger partial charge < -0.3 is 14.2 Å². The van der Waals surface area contributed by atoms with Crippen LogP contribution in [-0.4, -0.2) is 35.4 Å². The summed E-state index contributed by atoms with van der Waals surface area (Å²) < 4.78 is 7.66. The van der Waals surface area contributed by atoms with E-state index < -0.39 is 37.6 Å². The predicted molar refractivity (Wildman–Crippen MR) is 124 cm³/mol. The van der Waals surface area contributed by atoms with Crippen LogP contribution in [0.3, 0.4) is 0 Å². The van der Waals surface area contributed by atoms with Crippen molar-refractivity contribution >= 4 is 22.7 Å². The monoisotopic (exact) mass is 481 g/mol. The molecule has 0 bridgehead atoms. The smallest absolute Gasteiger partial charge is 0.324 e. The van der Waals surface area contributed by atoms with Gasteiger partial charge in [-0.3, -0.25) is 30.3 Å². The van der Waals surface area contributed by atoms with Gasteiger partial charge in [-0.15, -0.1) is 0 Å². The zero-order chi connectivity index (χ0) is 25.7. The summed E-state index contributed by atoms with van der Waals surface area (Å²) in [6.07, 6.45) is 4.23. The number of ether oxygens (including phenoxy) is 1. The van der Waals surface area contributed by atoms with Crippen LogP contribution in [0.25, 0.3) is 16.9 Å². The van der Waals surface area contributed by atoms with E-state index >= 15 is 0 Å². The summed E-state index contributed by atoms with van der Waals surface area (Å²) in [5.74, 6) is -0.317. The van der Waals surface area contributed by atoms with Crippen LogP contribution in [0.5, 0.6) is 11.5 Å². The van der Waals surface area contributed by atoms with E-state index in [1.807, 2.05) is 73.1 Å². The molecule has 0 amide bonds. The van der Waals surface area contributed by atoms with Gasteiger partial charge in [-0.05, 0) is 50.2 Å². The van der Waals surface area contributed by atoms with Crippen LogP contribution in [0.15, 0.2) is 67.0 Å². The van der Waals surface area contributed by atoms with E-state index in [9.17, 15) is 30.3 Å². The molecule has 0 aliphatic carbocycles. The number of nitro benzene ring substituents is 3. The van der Waals surface area contributed by atoms with Crippen molar-refractivity contribution in [1.29, 1.82) is 0 Å². The number of hydrogen-bond acceptors (Lipinski definition) is 9. The number of benzene rings is 2. The molecule has 0 radical (unpaired) electrons. The molecular formula is C22H19N5O8. The molecule has 0 spiro atoms. The molecule has 4 aromatic rings. The number of aromatic hydroxyl groups is 1. The van der Waals surface area contributed by atoms with Crippen molar-refractivity contribution in [1.82, 2.24) is 9.38 Å². The number of non-ortho nitro benzene ring substituents is 1. The standard InChI is InChI=1S/C16H16N2O.C6H3N3O7/c1-12(2)19-14-8-6-13(7-9-14)15-11-18-10-4-3-5-16(18)17-15;10-6-4(8(13)14)1-3(7(11)12)2-5(6)9(15)16/h3-12H,1-2H3;1-2,10H. The maximum Gasteiger partial charge on any atom is 0.324 e. The highest BCUT2D eigenvalue weighted by atomic mass is 16.6. The Morgan fingerprint density at radius 1 is 0.914 bits per heavy atom. The average molecular weight is 481 g/mol. The van der Waals surface area contributed by atoms with Crippen molar-refractivity contribution in [3.05, 3.63) is 97.3 Å². The van der Waals surface area contributed by atoms with Crippen LogP contribution in [0.2, 0.25) is 0 Å². The second kappa shape index (κ2) is 10.2. The Labute approximate surface area is 197 Å². The zero-order valence-electron chi connectivity index (χ0n) is 18.5. The van der Waals surface area contributed by atoms with Gasteiger partial charge in [-0.2, -0.15) is 0 Å². The van der Waals surface area contributed by atoms with Crippen LogP contribution in [-0.2, 0) is 0 Å². The van der Waals surface area contributed by atoms with Gasteiger partial charge in [0.1, 0.15) is 11.4 Å². The summed E-state index contributed by atoms with van der Waals surface area (Å²) in [6, 6.07) is 14.9. The summed E-state index contributed by atoms with van der Waals surface area (Å²) in [5.41, 5.74) is 0.0279. The molecule has 4 rings (SSSR count). The lowest BCUT2D eigenvalue weighted by molar-refractivity contribution is -0.404. The van der Waals surface area contributed by atoms with Crippen molar-refractivity contribution in [3.63, 3.8) is 0 Å². The van der Waals surface area contributed by atoms with Crippen molar-refractivity contribution in [2.24, 2.45) is 0 Å². The normalized spacial score (nSPS) is 10.5. The lowest BCUT2D eigenvalue weighted by Crippen LogP contribution is -2.05. The maximum atomic E-state index is 10.4. The molecule has 1 N–H and O–H groups in total. The van der Waals surface area contributed by atoms with Crippen LogP contribution >= 0.6 is 0 Å². The summed E-state index contributed by atoms with van der Waals surface area (Å²) in [5, 5.41) is 40.2. The van der Waals surface area contributed by atoms with Crippen molar-refractivity contribution in [3.8, 4) is 22.8 Å². The average Bonchev–Trinajstić information content (AvgIpc) is 3.23. The van der Waals surface area contributed by atoms with E-state index in [1.165, 1.54) is 0 Å². The number of nitrogens with zero attached hydrogens (tertiary/aromatic N) is 5. The third-order valence-corrected chi connectivity index (χ3v) is 4.54. The highest BCUT2D eigenvalue weighted by Gasteiger charge is 2.30. The topological polar surface area (TPSA) is 176 Å². The second-order valence-electron chi connectivity index (χ2n) is 7.39. The molecule has 0 fully saturated rings. The number of hydrogen-bond donors (Lipinski definition) is 1. The molecule has 2 aromatic carbocycles. The number of rotatable bonds is 6. The fourth-order valence-electron chi connectivity index (χ4n) is 3.02. The fraction of sp³-hybridized carbons (Fsp3) is 0.136. The van der Waals surface area contributed by atoms with Crippen molar-refractivity contribution in [2.75, 3.05) is 0 Å². The number of phenols is 1. The molecule has 0 atom stereocenters. The minimum atomic E-state index is -1.21. The lowest BCUT2D eigenvalue weighted by Gasteiger charge is -2.09. The van der Waals surface area contributed by atoms with Gasteiger partial charge in [0.15, 0.2) is 0 Å². The first-order valence-electron chi connectivity index (χ1n) is 10.1. The van der Waals surface area contributed by atoms with Crippen LogP contribution in [0, 0.1) is 30.3 Å². The largest absolute Gasteiger partial charge is 0.497 e. The summed E-state index contributed by atoms with van der Waals surface area (Å²) >= 11 is 0. The molecule has 180 valence electrons.